The number of methoxy groups -OCH3 is 1. The molecule has 0 aliphatic heterocycles. The molecule has 2 aromatic carbocycles. The fourth-order valence-electron chi connectivity index (χ4n) is 7.33. The van der Waals surface area contributed by atoms with Crippen molar-refractivity contribution in [2.75, 3.05) is 7.11 Å². The van der Waals surface area contributed by atoms with Gasteiger partial charge in [-0.15, -0.1) is 0 Å². The van der Waals surface area contributed by atoms with Gasteiger partial charge in [0, 0.05) is 22.6 Å². The molecule has 1 aromatic heterocycles. The van der Waals surface area contributed by atoms with Crippen LogP contribution in [0.2, 0.25) is 0 Å². The average molecular weight is 548 g/mol. The van der Waals surface area contributed by atoms with E-state index in [1.807, 2.05) is 24.3 Å². The maximum Gasteiger partial charge on any atom is 0.307 e. The Kier molecular flexibility index (Phi) is 6.59. The van der Waals surface area contributed by atoms with Crippen molar-refractivity contribution in [3.8, 4) is 22.8 Å². The summed E-state index contributed by atoms with van der Waals surface area (Å²) in [5.41, 5.74) is 4.02. The molecule has 1 heterocycles. The maximum absolute atomic E-state index is 15.6. The summed E-state index contributed by atoms with van der Waals surface area (Å²) in [6.07, 6.45) is 7.58. The Morgan fingerprint density at radius 1 is 1.07 bits per heavy atom. The quantitative estimate of drug-likeness (QED) is 0.330. The first-order valence-electron chi connectivity index (χ1n) is 14.1. The number of halogens is 2. The SMILES string of the molecule is COc1cc(-c2cc(F)c(COc3ccc4c(c3)[C@]3(CCC4)C[C@@H]3C(=O)O)cc2[C@H]2CCCC2(C)C)c(F)cn1. The minimum absolute atomic E-state index is 0.0164. The number of pyridine rings is 1. The van der Waals surface area contributed by atoms with E-state index in [-0.39, 0.29) is 40.7 Å². The van der Waals surface area contributed by atoms with Gasteiger partial charge in [0.1, 0.15) is 24.0 Å². The molecule has 0 saturated heterocycles. The van der Waals surface area contributed by atoms with Crippen molar-refractivity contribution in [1.29, 1.82) is 0 Å². The second kappa shape index (κ2) is 9.86. The molecule has 3 atom stereocenters. The summed E-state index contributed by atoms with van der Waals surface area (Å²) in [6, 6.07) is 10.7. The van der Waals surface area contributed by atoms with E-state index in [0.29, 0.717) is 23.3 Å². The molecule has 40 heavy (non-hydrogen) atoms. The van der Waals surface area contributed by atoms with Gasteiger partial charge in [0.15, 0.2) is 0 Å². The summed E-state index contributed by atoms with van der Waals surface area (Å²) in [6.45, 7) is 4.44. The van der Waals surface area contributed by atoms with E-state index >= 15 is 8.78 Å². The minimum Gasteiger partial charge on any atom is -0.489 e. The zero-order chi connectivity index (χ0) is 28.2. The second-order valence-corrected chi connectivity index (χ2v) is 12.4. The van der Waals surface area contributed by atoms with Crippen LogP contribution in [0.4, 0.5) is 8.78 Å². The van der Waals surface area contributed by atoms with Gasteiger partial charge in [0.05, 0.1) is 19.2 Å². The van der Waals surface area contributed by atoms with E-state index in [1.165, 1.54) is 24.8 Å². The van der Waals surface area contributed by atoms with E-state index in [4.69, 9.17) is 9.47 Å². The molecule has 0 bridgehead atoms. The van der Waals surface area contributed by atoms with Crippen LogP contribution in [0.3, 0.4) is 0 Å². The van der Waals surface area contributed by atoms with Gasteiger partial charge in [0.2, 0.25) is 5.88 Å². The molecule has 1 spiro atoms. The molecule has 7 heteroatoms. The van der Waals surface area contributed by atoms with E-state index in [0.717, 1.165) is 55.8 Å². The van der Waals surface area contributed by atoms with Gasteiger partial charge < -0.3 is 14.6 Å². The smallest absolute Gasteiger partial charge is 0.307 e. The van der Waals surface area contributed by atoms with Gasteiger partial charge in [-0.25, -0.2) is 13.8 Å². The van der Waals surface area contributed by atoms with Gasteiger partial charge in [0.25, 0.3) is 0 Å². The summed E-state index contributed by atoms with van der Waals surface area (Å²) in [5, 5.41) is 9.65. The number of hydrogen-bond acceptors (Lipinski definition) is 4. The molecule has 3 aliphatic carbocycles. The lowest BCUT2D eigenvalue weighted by molar-refractivity contribution is -0.139. The predicted octanol–water partition coefficient (Wildman–Crippen LogP) is 7.59. The van der Waals surface area contributed by atoms with Crippen LogP contribution >= 0.6 is 0 Å². The fourth-order valence-corrected chi connectivity index (χ4v) is 7.33. The number of aryl methyl sites for hydroxylation is 1. The molecule has 5 nitrogen and oxygen atoms in total. The third-order valence-corrected chi connectivity index (χ3v) is 9.64. The number of carbonyl (C=O) groups is 1. The molecule has 3 aromatic rings. The lowest BCUT2D eigenvalue weighted by Crippen LogP contribution is -2.21. The first kappa shape index (κ1) is 26.7. The monoisotopic (exact) mass is 547 g/mol. The fraction of sp³-hybridized carbons (Fsp3) is 0.455. The van der Waals surface area contributed by atoms with Crippen LogP contribution in [-0.2, 0) is 23.2 Å². The number of aromatic nitrogens is 1. The molecule has 2 saturated carbocycles. The van der Waals surface area contributed by atoms with Crippen LogP contribution in [0.1, 0.15) is 80.5 Å². The highest BCUT2D eigenvalue weighted by molar-refractivity contribution is 5.78. The van der Waals surface area contributed by atoms with Crippen LogP contribution in [0.15, 0.2) is 42.6 Å². The number of benzene rings is 2. The number of ether oxygens (including phenoxy) is 2. The highest BCUT2D eigenvalue weighted by Gasteiger charge is 2.60. The van der Waals surface area contributed by atoms with E-state index in [9.17, 15) is 9.90 Å². The molecule has 0 unspecified atom stereocenters. The molecular formula is C33H35F2NO4. The lowest BCUT2D eigenvalue weighted by atomic mass is 9.75. The molecular weight excluding hydrogens is 512 g/mol. The van der Waals surface area contributed by atoms with E-state index in [1.54, 1.807) is 0 Å². The second-order valence-electron chi connectivity index (χ2n) is 12.4. The summed E-state index contributed by atoms with van der Waals surface area (Å²) in [5.74, 6) is -1.08. The maximum atomic E-state index is 15.6. The summed E-state index contributed by atoms with van der Waals surface area (Å²) in [4.78, 5) is 15.7. The zero-order valence-electron chi connectivity index (χ0n) is 23.2. The van der Waals surface area contributed by atoms with Crippen molar-refractivity contribution in [1.82, 2.24) is 4.98 Å². The number of carboxylic acid groups (broad SMARTS) is 1. The lowest BCUT2D eigenvalue weighted by Gasteiger charge is -2.30. The molecule has 2 fully saturated rings. The Bertz CT molecular complexity index is 1490. The first-order chi connectivity index (χ1) is 19.1. The highest BCUT2D eigenvalue weighted by Crippen LogP contribution is 2.61. The van der Waals surface area contributed by atoms with E-state index in [2.05, 4.69) is 18.8 Å². The average Bonchev–Trinajstić information content (AvgIpc) is 3.55. The van der Waals surface area contributed by atoms with Crippen molar-refractivity contribution in [2.45, 2.75) is 76.7 Å². The topological polar surface area (TPSA) is 68.7 Å². The van der Waals surface area contributed by atoms with E-state index < -0.39 is 17.6 Å². The summed E-state index contributed by atoms with van der Waals surface area (Å²) >= 11 is 0. The summed E-state index contributed by atoms with van der Waals surface area (Å²) in [7, 11) is 1.47. The molecule has 3 aliphatic rings. The van der Waals surface area contributed by atoms with Crippen LogP contribution in [0, 0.1) is 23.0 Å². The minimum atomic E-state index is -0.744. The van der Waals surface area contributed by atoms with Crippen LogP contribution < -0.4 is 9.47 Å². The predicted molar refractivity (Wildman–Crippen MR) is 148 cm³/mol. The van der Waals surface area contributed by atoms with Gasteiger partial charge in [-0.05, 0) is 96.4 Å². The number of aliphatic carboxylic acids is 1. The number of nitrogens with zero attached hydrogens (tertiary/aromatic N) is 1. The van der Waals surface area contributed by atoms with Crippen molar-refractivity contribution in [3.63, 3.8) is 0 Å². The first-order valence-corrected chi connectivity index (χ1v) is 14.1. The molecule has 1 N–H and O–H groups in total. The Labute approximate surface area is 233 Å². The normalized spacial score (nSPS) is 24.5. The van der Waals surface area contributed by atoms with Crippen molar-refractivity contribution in [2.24, 2.45) is 11.3 Å². The number of hydrogen-bond donors (Lipinski definition) is 1. The Balaban J connectivity index is 1.34. The largest absolute Gasteiger partial charge is 0.489 e. The molecule has 210 valence electrons. The van der Waals surface area contributed by atoms with Gasteiger partial charge in [-0.1, -0.05) is 26.3 Å². The van der Waals surface area contributed by atoms with Crippen LogP contribution in [-0.4, -0.2) is 23.2 Å². The zero-order valence-corrected chi connectivity index (χ0v) is 23.2. The molecule has 6 rings (SSSR count). The molecule has 0 radical (unpaired) electrons. The van der Waals surface area contributed by atoms with Crippen LogP contribution in [0.25, 0.3) is 11.1 Å². The van der Waals surface area contributed by atoms with Crippen molar-refractivity contribution < 1.29 is 28.2 Å². The van der Waals surface area contributed by atoms with Crippen LogP contribution in [0.5, 0.6) is 11.6 Å². The Hall–Kier alpha value is -3.48. The highest BCUT2D eigenvalue weighted by atomic mass is 19.1. The summed E-state index contributed by atoms with van der Waals surface area (Å²) < 4.78 is 42.1. The van der Waals surface area contributed by atoms with Gasteiger partial charge in [-0.2, -0.15) is 0 Å². The third-order valence-electron chi connectivity index (χ3n) is 9.64. The van der Waals surface area contributed by atoms with Crippen molar-refractivity contribution in [3.05, 3.63) is 76.5 Å². The Morgan fingerprint density at radius 2 is 1.90 bits per heavy atom. The number of fused-ring (bicyclic) bond motifs is 2. The van der Waals surface area contributed by atoms with Gasteiger partial charge in [-0.3, -0.25) is 4.79 Å². The van der Waals surface area contributed by atoms with Crippen molar-refractivity contribution >= 4 is 5.97 Å². The molecule has 0 amide bonds. The Morgan fingerprint density at radius 3 is 2.60 bits per heavy atom. The standard InChI is InChI=1S/C33H35F2NO4/c1-32(2)10-5-7-25(32)23-12-20(28(34)14-22(23)24-15-30(39-3)36-17-29(24)35)18-40-21-9-8-19-6-4-11-33(26(19)13-21)16-27(33)31(37)38/h8-9,12-15,17,25,27H,4-7,10-11,16,18H2,1-3H3,(H,37,38)/t25-,27-,33+/m1/s1. The number of carboxylic acids is 1. The van der Waals surface area contributed by atoms with Gasteiger partial charge >= 0.3 is 5.97 Å². The third kappa shape index (κ3) is 4.53. The number of rotatable bonds is 7.